The van der Waals surface area contributed by atoms with Crippen molar-refractivity contribution in [3.05, 3.63) is 0 Å². The average molecular weight is 168 g/mol. The predicted molar refractivity (Wildman–Crippen MR) is 55.1 cm³/mol. The second-order valence-corrected chi connectivity index (χ2v) is 5.74. The molecule has 0 spiro atoms. The number of hydrogen-bond donors (Lipinski definition) is 0. The third kappa shape index (κ3) is 2.02. The molecule has 0 saturated heterocycles. The van der Waals surface area contributed by atoms with E-state index in [1.54, 1.807) is 0 Å². The van der Waals surface area contributed by atoms with Crippen LogP contribution in [0.1, 0.15) is 53.9 Å². The van der Waals surface area contributed by atoms with Gasteiger partial charge in [-0.1, -0.05) is 34.6 Å². The Bertz CT molecular complexity index is 144. The molecule has 0 aromatic carbocycles. The third-order valence-corrected chi connectivity index (χ3v) is 3.63. The van der Waals surface area contributed by atoms with Gasteiger partial charge in [-0.15, -0.1) is 0 Å². The molecule has 1 aliphatic rings. The molecule has 0 amide bonds. The number of hydrogen-bond acceptors (Lipinski definition) is 0. The summed E-state index contributed by atoms with van der Waals surface area (Å²) in [5.41, 5.74) is 0.647. The summed E-state index contributed by atoms with van der Waals surface area (Å²) in [6, 6.07) is 0. The van der Waals surface area contributed by atoms with E-state index < -0.39 is 0 Å². The Kier molecular flexibility index (Phi) is 2.85. The van der Waals surface area contributed by atoms with Crippen molar-refractivity contribution in [2.75, 3.05) is 0 Å². The van der Waals surface area contributed by atoms with Crippen LogP contribution in [-0.4, -0.2) is 0 Å². The summed E-state index contributed by atoms with van der Waals surface area (Å²) < 4.78 is 0. The minimum Gasteiger partial charge on any atom is -0.0628 e. The van der Waals surface area contributed by atoms with Crippen LogP contribution in [0.25, 0.3) is 0 Å². The van der Waals surface area contributed by atoms with Gasteiger partial charge in [0.05, 0.1) is 0 Å². The van der Waals surface area contributed by atoms with Gasteiger partial charge >= 0.3 is 0 Å². The second-order valence-electron chi connectivity index (χ2n) is 5.74. The van der Waals surface area contributed by atoms with Gasteiger partial charge in [0.2, 0.25) is 0 Å². The molecule has 2 unspecified atom stereocenters. The van der Waals surface area contributed by atoms with Crippen molar-refractivity contribution in [2.45, 2.75) is 53.9 Å². The van der Waals surface area contributed by atoms with Gasteiger partial charge in [0, 0.05) is 0 Å². The SMILES string of the molecule is CC(C)CC(C)C1CCC1(C)C. The van der Waals surface area contributed by atoms with Crippen molar-refractivity contribution in [1.29, 1.82) is 0 Å². The van der Waals surface area contributed by atoms with E-state index in [0.29, 0.717) is 5.41 Å². The Morgan fingerprint density at radius 2 is 1.83 bits per heavy atom. The normalized spacial score (nSPS) is 30.0. The summed E-state index contributed by atoms with van der Waals surface area (Å²) >= 11 is 0. The number of rotatable bonds is 3. The molecule has 0 N–H and O–H groups in total. The highest BCUT2D eigenvalue weighted by molar-refractivity contribution is 4.91. The van der Waals surface area contributed by atoms with Gasteiger partial charge in [-0.3, -0.25) is 0 Å². The Labute approximate surface area is 77.7 Å². The fourth-order valence-corrected chi connectivity index (χ4v) is 2.85. The van der Waals surface area contributed by atoms with Crippen LogP contribution in [0.2, 0.25) is 0 Å². The molecule has 0 heterocycles. The Morgan fingerprint density at radius 3 is 2.08 bits per heavy atom. The summed E-state index contributed by atoms with van der Waals surface area (Å²) in [7, 11) is 0. The van der Waals surface area contributed by atoms with Gasteiger partial charge < -0.3 is 0 Å². The molecule has 0 heteroatoms. The smallest absolute Gasteiger partial charge is 0.0323 e. The summed E-state index contributed by atoms with van der Waals surface area (Å²) in [5.74, 6) is 2.81. The quantitative estimate of drug-likeness (QED) is 0.595. The van der Waals surface area contributed by atoms with Crippen molar-refractivity contribution in [1.82, 2.24) is 0 Å². The van der Waals surface area contributed by atoms with Crippen LogP contribution < -0.4 is 0 Å². The van der Waals surface area contributed by atoms with Gasteiger partial charge in [0.25, 0.3) is 0 Å². The van der Waals surface area contributed by atoms with E-state index in [9.17, 15) is 0 Å². The maximum absolute atomic E-state index is 2.44. The van der Waals surface area contributed by atoms with Gasteiger partial charge in [-0.05, 0) is 42.4 Å². The molecule has 0 aliphatic heterocycles. The van der Waals surface area contributed by atoms with E-state index in [-0.39, 0.29) is 0 Å². The summed E-state index contributed by atoms with van der Waals surface area (Å²) in [5, 5.41) is 0. The molecule has 1 fully saturated rings. The topological polar surface area (TPSA) is 0 Å². The zero-order valence-corrected chi connectivity index (χ0v) is 9.35. The summed E-state index contributed by atoms with van der Waals surface area (Å²) in [6.07, 6.45) is 4.33. The first-order valence-corrected chi connectivity index (χ1v) is 5.43. The minimum absolute atomic E-state index is 0.647. The molecular formula is C12H24. The second kappa shape index (κ2) is 3.40. The average Bonchev–Trinajstić information content (AvgIpc) is 1.83. The van der Waals surface area contributed by atoms with E-state index in [1.807, 2.05) is 0 Å². The lowest BCUT2D eigenvalue weighted by molar-refractivity contribution is 0.0189. The van der Waals surface area contributed by atoms with Crippen LogP contribution in [0.15, 0.2) is 0 Å². The van der Waals surface area contributed by atoms with Gasteiger partial charge in [0.15, 0.2) is 0 Å². The summed E-state index contributed by atoms with van der Waals surface area (Å²) in [4.78, 5) is 0. The molecule has 12 heavy (non-hydrogen) atoms. The van der Waals surface area contributed by atoms with Gasteiger partial charge in [0.1, 0.15) is 0 Å². The maximum atomic E-state index is 2.44. The lowest BCUT2D eigenvalue weighted by Crippen LogP contribution is -2.39. The zero-order valence-electron chi connectivity index (χ0n) is 9.35. The summed E-state index contributed by atoms with van der Waals surface area (Å²) in [6.45, 7) is 12.0. The molecule has 1 saturated carbocycles. The molecule has 1 rings (SSSR count). The van der Waals surface area contributed by atoms with Crippen molar-refractivity contribution < 1.29 is 0 Å². The van der Waals surface area contributed by atoms with Crippen LogP contribution in [0, 0.1) is 23.2 Å². The fourth-order valence-electron chi connectivity index (χ4n) is 2.85. The van der Waals surface area contributed by atoms with Crippen LogP contribution in [-0.2, 0) is 0 Å². The van der Waals surface area contributed by atoms with Crippen molar-refractivity contribution >= 4 is 0 Å². The highest BCUT2D eigenvalue weighted by Gasteiger charge is 2.41. The van der Waals surface area contributed by atoms with Crippen molar-refractivity contribution in [3.8, 4) is 0 Å². The largest absolute Gasteiger partial charge is 0.0628 e. The molecule has 0 aromatic rings. The monoisotopic (exact) mass is 168 g/mol. The first-order chi connectivity index (χ1) is 5.43. The lowest BCUT2D eigenvalue weighted by Gasteiger charge is -2.48. The van der Waals surface area contributed by atoms with Crippen LogP contribution in [0.5, 0.6) is 0 Å². The molecule has 72 valence electrons. The van der Waals surface area contributed by atoms with Gasteiger partial charge in [-0.2, -0.15) is 0 Å². The Morgan fingerprint density at radius 1 is 1.25 bits per heavy atom. The highest BCUT2D eigenvalue weighted by Crippen LogP contribution is 2.50. The maximum Gasteiger partial charge on any atom is -0.0323 e. The molecule has 1 aliphatic carbocycles. The molecule has 2 atom stereocenters. The van der Waals surface area contributed by atoms with Crippen LogP contribution in [0.3, 0.4) is 0 Å². The Hall–Kier alpha value is 0. The third-order valence-electron chi connectivity index (χ3n) is 3.63. The van der Waals surface area contributed by atoms with E-state index in [1.165, 1.54) is 19.3 Å². The van der Waals surface area contributed by atoms with E-state index in [0.717, 1.165) is 17.8 Å². The zero-order chi connectivity index (χ0) is 9.35. The molecule has 0 bridgehead atoms. The van der Waals surface area contributed by atoms with Crippen LogP contribution in [0.4, 0.5) is 0 Å². The van der Waals surface area contributed by atoms with Crippen LogP contribution >= 0.6 is 0 Å². The van der Waals surface area contributed by atoms with Crippen molar-refractivity contribution in [3.63, 3.8) is 0 Å². The van der Waals surface area contributed by atoms with E-state index in [4.69, 9.17) is 0 Å². The predicted octanol–water partition coefficient (Wildman–Crippen LogP) is 4.10. The Balaban J connectivity index is 2.38. The first kappa shape index (κ1) is 10.1. The van der Waals surface area contributed by atoms with Gasteiger partial charge in [-0.25, -0.2) is 0 Å². The molecule has 0 radical (unpaired) electrons. The van der Waals surface area contributed by atoms with E-state index >= 15 is 0 Å². The van der Waals surface area contributed by atoms with Crippen molar-refractivity contribution in [2.24, 2.45) is 23.2 Å². The molecule has 0 aromatic heterocycles. The molecular weight excluding hydrogens is 144 g/mol. The first-order valence-electron chi connectivity index (χ1n) is 5.43. The standard InChI is InChI=1S/C12H24/c1-9(2)8-10(3)11-6-7-12(11,4)5/h9-11H,6-8H2,1-5H3. The highest BCUT2D eigenvalue weighted by atomic mass is 14.5. The fraction of sp³-hybridized carbons (Fsp3) is 1.00. The van der Waals surface area contributed by atoms with E-state index in [2.05, 4.69) is 34.6 Å². The lowest BCUT2D eigenvalue weighted by atomic mass is 9.57. The molecule has 0 nitrogen and oxygen atoms in total. The minimum atomic E-state index is 0.647.